The summed E-state index contributed by atoms with van der Waals surface area (Å²) in [6, 6.07) is 5.80. The van der Waals surface area contributed by atoms with Gasteiger partial charge in [0, 0.05) is 5.69 Å². The van der Waals surface area contributed by atoms with Crippen LogP contribution in [0.2, 0.25) is 0 Å². The highest BCUT2D eigenvalue weighted by molar-refractivity contribution is 8.02. The van der Waals surface area contributed by atoms with Crippen molar-refractivity contribution < 1.29 is 9.59 Å². The Kier molecular flexibility index (Phi) is 6.12. The summed E-state index contributed by atoms with van der Waals surface area (Å²) in [5.41, 5.74) is 4.39. The summed E-state index contributed by atoms with van der Waals surface area (Å²) in [6.07, 6.45) is 0. The average molecular weight is 350 g/mol. The minimum atomic E-state index is -0.337. The number of anilines is 1. The third-order valence-electron chi connectivity index (χ3n) is 3.16. The van der Waals surface area contributed by atoms with E-state index >= 15 is 0 Å². The maximum absolute atomic E-state index is 12.0. The van der Waals surface area contributed by atoms with E-state index in [4.69, 9.17) is 0 Å². The van der Waals surface area contributed by atoms with Crippen molar-refractivity contribution in [3.05, 3.63) is 34.8 Å². The quantitative estimate of drug-likeness (QED) is 0.782. The van der Waals surface area contributed by atoms with Crippen LogP contribution >= 0.6 is 23.1 Å². The monoisotopic (exact) mass is 350 g/mol. The summed E-state index contributed by atoms with van der Waals surface area (Å²) in [4.78, 5) is 24.0. The lowest BCUT2D eigenvalue weighted by Crippen LogP contribution is -2.37. The lowest BCUT2D eigenvalue weighted by atomic mass is 10.1. The number of para-hydroxylation sites is 1. The van der Waals surface area contributed by atoms with Gasteiger partial charge in [-0.05, 0) is 31.9 Å². The fourth-order valence-electron chi connectivity index (χ4n) is 1.93. The van der Waals surface area contributed by atoms with Crippen molar-refractivity contribution in [2.45, 2.75) is 30.4 Å². The van der Waals surface area contributed by atoms with Crippen molar-refractivity contribution in [3.8, 4) is 0 Å². The third kappa shape index (κ3) is 5.04. The number of aryl methyl sites for hydroxylation is 2. The van der Waals surface area contributed by atoms with E-state index in [1.807, 2.05) is 32.0 Å². The molecular weight excluding hydrogens is 332 g/mol. The molecule has 1 heterocycles. The molecule has 0 aliphatic rings. The summed E-state index contributed by atoms with van der Waals surface area (Å²) in [5.74, 6) is -0.453. The van der Waals surface area contributed by atoms with Gasteiger partial charge in [-0.25, -0.2) is 0 Å². The van der Waals surface area contributed by atoms with Gasteiger partial charge in [-0.1, -0.05) is 41.3 Å². The molecule has 2 aromatic rings. The van der Waals surface area contributed by atoms with Gasteiger partial charge in [-0.2, -0.15) is 0 Å². The highest BCUT2D eigenvalue weighted by atomic mass is 32.2. The molecule has 2 amide bonds. The van der Waals surface area contributed by atoms with Crippen LogP contribution in [-0.4, -0.2) is 33.8 Å². The minimum absolute atomic E-state index is 0.0619. The smallest absolute Gasteiger partial charge is 0.243 e. The molecule has 8 heteroatoms. The van der Waals surface area contributed by atoms with E-state index in [1.54, 1.807) is 12.4 Å². The molecule has 1 atom stereocenters. The van der Waals surface area contributed by atoms with Gasteiger partial charge in [0.1, 0.15) is 5.51 Å². The number of nitrogens with zero attached hydrogens (tertiary/aromatic N) is 2. The lowest BCUT2D eigenvalue weighted by Gasteiger charge is -2.13. The molecule has 0 fully saturated rings. The number of carbonyl (C=O) groups is 2. The highest BCUT2D eigenvalue weighted by Crippen LogP contribution is 2.24. The summed E-state index contributed by atoms with van der Waals surface area (Å²) < 4.78 is 0.729. The van der Waals surface area contributed by atoms with E-state index in [9.17, 15) is 9.59 Å². The number of hydrogen-bond donors (Lipinski definition) is 2. The first kappa shape index (κ1) is 17.4. The predicted molar refractivity (Wildman–Crippen MR) is 92.8 cm³/mol. The first-order valence-electron chi connectivity index (χ1n) is 7.04. The van der Waals surface area contributed by atoms with Gasteiger partial charge in [0.15, 0.2) is 4.34 Å². The second-order valence-electron chi connectivity index (χ2n) is 5.00. The molecule has 1 unspecified atom stereocenters. The maximum atomic E-state index is 12.0. The second-order valence-corrected chi connectivity index (χ2v) is 7.42. The zero-order chi connectivity index (χ0) is 16.8. The second kappa shape index (κ2) is 8.07. The standard InChI is InChI=1S/C15H18N4O2S2/c1-9-5-4-6-10(2)13(9)18-12(20)7-16-14(21)11(3)23-15-19-17-8-22-15/h4-6,8,11H,7H2,1-3H3,(H,16,21)(H,18,20). The average Bonchev–Trinajstić information content (AvgIpc) is 3.01. The summed E-state index contributed by atoms with van der Waals surface area (Å²) in [7, 11) is 0. The van der Waals surface area contributed by atoms with Gasteiger partial charge in [0.05, 0.1) is 11.8 Å². The van der Waals surface area contributed by atoms with Crippen molar-refractivity contribution >= 4 is 40.6 Å². The minimum Gasteiger partial charge on any atom is -0.346 e. The van der Waals surface area contributed by atoms with Gasteiger partial charge in [-0.15, -0.1) is 10.2 Å². The molecule has 2 rings (SSSR count). The topological polar surface area (TPSA) is 84.0 Å². The molecule has 0 saturated carbocycles. The SMILES string of the molecule is Cc1cccc(C)c1NC(=O)CNC(=O)C(C)Sc1nncs1. The predicted octanol–water partition coefficient (Wildman–Crippen LogP) is 2.39. The summed E-state index contributed by atoms with van der Waals surface area (Å²) >= 11 is 2.70. The molecule has 0 aliphatic heterocycles. The number of amides is 2. The Morgan fingerprint density at radius 3 is 2.61 bits per heavy atom. The van der Waals surface area contributed by atoms with Gasteiger partial charge in [0.2, 0.25) is 11.8 Å². The fraction of sp³-hybridized carbons (Fsp3) is 0.333. The van der Waals surface area contributed by atoms with Crippen LogP contribution in [0.25, 0.3) is 0 Å². The van der Waals surface area contributed by atoms with Gasteiger partial charge >= 0.3 is 0 Å². The van der Waals surface area contributed by atoms with Crippen LogP contribution in [0.15, 0.2) is 28.0 Å². The molecule has 122 valence electrons. The summed E-state index contributed by atoms with van der Waals surface area (Å²) in [5, 5.41) is 12.7. The van der Waals surface area contributed by atoms with E-state index in [2.05, 4.69) is 20.8 Å². The maximum Gasteiger partial charge on any atom is 0.243 e. The van der Waals surface area contributed by atoms with Crippen LogP contribution in [0.3, 0.4) is 0 Å². The van der Waals surface area contributed by atoms with Crippen LogP contribution in [0.1, 0.15) is 18.1 Å². The van der Waals surface area contributed by atoms with Gasteiger partial charge < -0.3 is 10.6 Å². The number of carbonyl (C=O) groups excluding carboxylic acids is 2. The van der Waals surface area contributed by atoms with Crippen molar-refractivity contribution in [2.24, 2.45) is 0 Å². The molecule has 0 saturated heterocycles. The first-order chi connectivity index (χ1) is 11.0. The molecule has 0 bridgehead atoms. The van der Waals surface area contributed by atoms with E-state index in [0.29, 0.717) is 0 Å². The third-order valence-corrected chi connectivity index (χ3v) is 5.07. The van der Waals surface area contributed by atoms with Crippen molar-refractivity contribution in [3.63, 3.8) is 0 Å². The van der Waals surface area contributed by atoms with Crippen molar-refractivity contribution in [2.75, 3.05) is 11.9 Å². The molecule has 2 N–H and O–H groups in total. The largest absolute Gasteiger partial charge is 0.346 e. The Morgan fingerprint density at radius 2 is 2.00 bits per heavy atom. The van der Waals surface area contributed by atoms with Crippen LogP contribution in [0.5, 0.6) is 0 Å². The molecule has 0 aliphatic carbocycles. The molecule has 1 aromatic carbocycles. The van der Waals surface area contributed by atoms with E-state index in [0.717, 1.165) is 21.2 Å². The highest BCUT2D eigenvalue weighted by Gasteiger charge is 2.17. The Labute approximate surface area is 143 Å². The van der Waals surface area contributed by atoms with E-state index < -0.39 is 0 Å². The summed E-state index contributed by atoms with van der Waals surface area (Å²) in [6.45, 7) is 5.57. The van der Waals surface area contributed by atoms with Crippen LogP contribution in [0.4, 0.5) is 5.69 Å². The normalized spacial score (nSPS) is 11.8. The zero-order valence-corrected chi connectivity index (χ0v) is 14.8. The number of rotatable bonds is 6. The molecule has 23 heavy (non-hydrogen) atoms. The number of aromatic nitrogens is 2. The van der Waals surface area contributed by atoms with E-state index in [1.165, 1.54) is 23.1 Å². The van der Waals surface area contributed by atoms with Crippen LogP contribution in [-0.2, 0) is 9.59 Å². The molecule has 6 nitrogen and oxygen atoms in total. The van der Waals surface area contributed by atoms with Gasteiger partial charge in [-0.3, -0.25) is 9.59 Å². The van der Waals surface area contributed by atoms with Crippen molar-refractivity contribution in [1.29, 1.82) is 0 Å². The Bertz CT molecular complexity index is 669. The lowest BCUT2D eigenvalue weighted by molar-refractivity contribution is -0.123. The van der Waals surface area contributed by atoms with Crippen LogP contribution < -0.4 is 10.6 Å². The molecule has 0 radical (unpaired) electrons. The number of benzene rings is 1. The van der Waals surface area contributed by atoms with Gasteiger partial charge in [0.25, 0.3) is 0 Å². The molecule has 0 spiro atoms. The Hall–Kier alpha value is -1.93. The van der Waals surface area contributed by atoms with Crippen LogP contribution in [0, 0.1) is 13.8 Å². The Balaban J connectivity index is 1.83. The number of hydrogen-bond acceptors (Lipinski definition) is 6. The van der Waals surface area contributed by atoms with Crippen molar-refractivity contribution in [1.82, 2.24) is 15.5 Å². The molecular formula is C15H18N4O2S2. The molecule has 1 aromatic heterocycles. The zero-order valence-electron chi connectivity index (χ0n) is 13.1. The Morgan fingerprint density at radius 1 is 1.30 bits per heavy atom. The number of nitrogens with one attached hydrogen (secondary N) is 2. The first-order valence-corrected chi connectivity index (χ1v) is 8.80. The fourth-order valence-corrected chi connectivity index (χ4v) is 3.58. The number of thioether (sulfide) groups is 1. The van der Waals surface area contributed by atoms with E-state index in [-0.39, 0.29) is 23.6 Å².